The molecule has 1 fully saturated rings. The fourth-order valence-corrected chi connectivity index (χ4v) is 4.06. The van der Waals surface area contributed by atoms with Crippen LogP contribution >= 0.6 is 24.0 Å². The van der Waals surface area contributed by atoms with E-state index in [-0.39, 0.29) is 11.5 Å². The number of carboxylic acid groups (broad SMARTS) is 1. The van der Waals surface area contributed by atoms with Crippen LogP contribution in [0.4, 0.5) is 5.69 Å². The van der Waals surface area contributed by atoms with Crippen LogP contribution in [0.3, 0.4) is 0 Å². The van der Waals surface area contributed by atoms with Gasteiger partial charge in [0.25, 0.3) is 5.91 Å². The van der Waals surface area contributed by atoms with Crippen molar-refractivity contribution < 1.29 is 24.2 Å². The number of hydrogen-bond acceptors (Lipinski definition) is 6. The quantitative estimate of drug-likeness (QED) is 0.582. The Labute approximate surface area is 171 Å². The number of anilines is 1. The van der Waals surface area contributed by atoms with Gasteiger partial charge in [-0.05, 0) is 48.4 Å². The van der Waals surface area contributed by atoms with E-state index in [2.05, 4.69) is 0 Å². The number of benzene rings is 2. The molecule has 0 saturated carbocycles. The van der Waals surface area contributed by atoms with Crippen LogP contribution in [0.5, 0.6) is 11.5 Å². The molecule has 0 atom stereocenters. The van der Waals surface area contributed by atoms with Gasteiger partial charge in [0.1, 0.15) is 0 Å². The van der Waals surface area contributed by atoms with Crippen molar-refractivity contribution in [3.05, 3.63) is 58.0 Å². The highest BCUT2D eigenvalue weighted by Gasteiger charge is 2.33. The summed E-state index contributed by atoms with van der Waals surface area (Å²) in [5.41, 5.74) is 1.94. The lowest BCUT2D eigenvalue weighted by molar-refractivity contribution is -0.113. The topological polar surface area (TPSA) is 76.1 Å². The van der Waals surface area contributed by atoms with Crippen molar-refractivity contribution in [1.82, 2.24) is 0 Å². The molecule has 2 aromatic rings. The molecule has 6 nitrogen and oxygen atoms in total. The van der Waals surface area contributed by atoms with Gasteiger partial charge in [0.05, 0.1) is 30.4 Å². The Morgan fingerprint density at radius 2 is 1.86 bits per heavy atom. The number of aryl methyl sites for hydroxylation is 1. The molecule has 1 saturated heterocycles. The zero-order valence-corrected chi connectivity index (χ0v) is 17.0. The highest BCUT2D eigenvalue weighted by Crippen LogP contribution is 2.37. The second kappa shape index (κ2) is 8.04. The summed E-state index contributed by atoms with van der Waals surface area (Å²) in [6.07, 6.45) is 1.72. The van der Waals surface area contributed by atoms with E-state index in [1.807, 2.05) is 6.07 Å². The molecule has 1 aliphatic heterocycles. The number of nitrogens with zero attached hydrogens (tertiary/aromatic N) is 1. The molecule has 1 aliphatic rings. The zero-order chi connectivity index (χ0) is 20.4. The lowest BCUT2D eigenvalue weighted by Crippen LogP contribution is -2.27. The van der Waals surface area contributed by atoms with Crippen LogP contribution in [-0.4, -0.2) is 35.5 Å². The summed E-state index contributed by atoms with van der Waals surface area (Å²) < 4.78 is 10.9. The van der Waals surface area contributed by atoms with Crippen LogP contribution in [0.25, 0.3) is 6.08 Å². The molecule has 3 rings (SSSR count). The van der Waals surface area contributed by atoms with E-state index in [1.165, 1.54) is 11.0 Å². The van der Waals surface area contributed by atoms with Crippen molar-refractivity contribution in [2.45, 2.75) is 6.92 Å². The normalized spacial score (nSPS) is 15.2. The highest BCUT2D eigenvalue weighted by atomic mass is 32.2. The number of amides is 1. The highest BCUT2D eigenvalue weighted by molar-refractivity contribution is 8.27. The van der Waals surface area contributed by atoms with E-state index >= 15 is 0 Å². The molecule has 144 valence electrons. The number of carbonyl (C=O) groups is 2. The summed E-state index contributed by atoms with van der Waals surface area (Å²) in [6, 6.07) is 10.1. The molecule has 0 aromatic heterocycles. The minimum absolute atomic E-state index is 0.135. The maximum absolute atomic E-state index is 12.9. The molecule has 1 amide bonds. The van der Waals surface area contributed by atoms with Gasteiger partial charge >= 0.3 is 5.97 Å². The third-order valence-electron chi connectivity index (χ3n) is 4.21. The minimum Gasteiger partial charge on any atom is -0.493 e. The second-order valence-corrected chi connectivity index (χ2v) is 7.61. The Morgan fingerprint density at radius 1 is 1.14 bits per heavy atom. The number of rotatable bonds is 5. The van der Waals surface area contributed by atoms with E-state index in [0.717, 1.165) is 17.3 Å². The first-order valence-corrected chi connectivity index (χ1v) is 9.42. The Kier molecular flexibility index (Phi) is 5.71. The molecule has 0 aliphatic carbocycles. The first-order valence-electron chi connectivity index (χ1n) is 8.19. The number of carboxylic acids is 1. The van der Waals surface area contributed by atoms with Crippen molar-refractivity contribution in [3.8, 4) is 11.5 Å². The summed E-state index contributed by atoms with van der Waals surface area (Å²) >= 11 is 6.52. The van der Waals surface area contributed by atoms with Gasteiger partial charge in [-0.25, -0.2) is 4.79 Å². The number of methoxy groups -OCH3 is 2. The maximum atomic E-state index is 12.9. The molecular weight excluding hydrogens is 398 g/mol. The summed E-state index contributed by atoms with van der Waals surface area (Å²) in [7, 11) is 3.09. The Hall–Kier alpha value is -2.84. The van der Waals surface area contributed by atoms with E-state index in [0.29, 0.717) is 32.0 Å². The van der Waals surface area contributed by atoms with Crippen LogP contribution in [0.2, 0.25) is 0 Å². The number of thiocarbonyl (C=S) groups is 1. The molecular formula is C20H17NO5S2. The number of thioether (sulfide) groups is 1. The summed E-state index contributed by atoms with van der Waals surface area (Å²) in [5, 5.41) is 9.33. The molecule has 0 unspecified atom stereocenters. The average Bonchev–Trinajstić information content (AvgIpc) is 2.95. The lowest BCUT2D eigenvalue weighted by atomic mass is 10.1. The minimum atomic E-state index is -1.05. The Morgan fingerprint density at radius 3 is 2.50 bits per heavy atom. The standard InChI is InChI=1S/C20H17NO5S2/c1-11-4-6-13(10-14(11)19(23)24)21-18(22)17(28-20(21)27)9-12-5-7-15(25-2)16(8-12)26-3/h4-10H,1-3H3,(H,23,24). The SMILES string of the molecule is COc1ccc(C=C2SC(=S)N(c3ccc(C)c(C(=O)O)c3)C2=O)cc1OC. The van der Waals surface area contributed by atoms with Crippen LogP contribution in [0.15, 0.2) is 41.3 Å². The molecule has 1 heterocycles. The van der Waals surface area contributed by atoms with Gasteiger partial charge in [0.15, 0.2) is 15.8 Å². The third-order valence-corrected chi connectivity index (χ3v) is 5.51. The molecule has 2 aromatic carbocycles. The number of ether oxygens (including phenoxy) is 2. The fraction of sp³-hybridized carbons (Fsp3) is 0.150. The molecule has 0 radical (unpaired) electrons. The fourth-order valence-electron chi connectivity index (χ4n) is 2.76. The first kappa shape index (κ1) is 19.9. The first-order chi connectivity index (χ1) is 13.3. The molecule has 0 spiro atoms. The molecule has 1 N–H and O–H groups in total. The van der Waals surface area contributed by atoms with Crippen LogP contribution in [0, 0.1) is 6.92 Å². The Bertz CT molecular complexity index is 1020. The van der Waals surface area contributed by atoms with E-state index in [4.69, 9.17) is 21.7 Å². The van der Waals surface area contributed by atoms with Crippen LogP contribution < -0.4 is 14.4 Å². The van der Waals surface area contributed by atoms with Gasteiger partial charge in [-0.3, -0.25) is 9.69 Å². The van der Waals surface area contributed by atoms with Crippen molar-refractivity contribution in [2.75, 3.05) is 19.1 Å². The van der Waals surface area contributed by atoms with Crippen molar-refractivity contribution in [1.29, 1.82) is 0 Å². The maximum Gasteiger partial charge on any atom is 0.336 e. The van der Waals surface area contributed by atoms with Crippen molar-refractivity contribution in [2.24, 2.45) is 0 Å². The van der Waals surface area contributed by atoms with Crippen LogP contribution in [-0.2, 0) is 4.79 Å². The summed E-state index contributed by atoms with van der Waals surface area (Å²) in [6.45, 7) is 1.70. The Balaban J connectivity index is 1.95. The van der Waals surface area contributed by atoms with E-state index < -0.39 is 5.97 Å². The lowest BCUT2D eigenvalue weighted by Gasteiger charge is -2.16. The molecule has 28 heavy (non-hydrogen) atoms. The summed E-state index contributed by atoms with van der Waals surface area (Å²) in [5.74, 6) is -0.208. The largest absolute Gasteiger partial charge is 0.493 e. The van der Waals surface area contributed by atoms with Gasteiger partial charge in [-0.15, -0.1) is 0 Å². The van der Waals surface area contributed by atoms with Gasteiger partial charge in [0.2, 0.25) is 0 Å². The number of aromatic carboxylic acids is 1. The van der Waals surface area contributed by atoms with Crippen molar-refractivity contribution in [3.63, 3.8) is 0 Å². The molecule has 8 heteroatoms. The predicted molar refractivity (Wildman–Crippen MR) is 113 cm³/mol. The van der Waals surface area contributed by atoms with E-state index in [1.54, 1.807) is 51.5 Å². The predicted octanol–water partition coefficient (Wildman–Crippen LogP) is 4.12. The monoisotopic (exact) mass is 415 g/mol. The van der Waals surface area contributed by atoms with Gasteiger partial charge in [-0.1, -0.05) is 36.1 Å². The number of carbonyl (C=O) groups excluding carboxylic acids is 1. The van der Waals surface area contributed by atoms with Gasteiger partial charge in [0, 0.05) is 0 Å². The van der Waals surface area contributed by atoms with Gasteiger partial charge in [-0.2, -0.15) is 0 Å². The third kappa shape index (κ3) is 3.74. The summed E-state index contributed by atoms with van der Waals surface area (Å²) in [4.78, 5) is 26.1. The van der Waals surface area contributed by atoms with E-state index in [9.17, 15) is 14.7 Å². The van der Waals surface area contributed by atoms with Gasteiger partial charge < -0.3 is 14.6 Å². The zero-order valence-electron chi connectivity index (χ0n) is 15.4. The average molecular weight is 415 g/mol. The number of hydrogen-bond donors (Lipinski definition) is 1. The van der Waals surface area contributed by atoms with Crippen molar-refractivity contribution >= 4 is 51.9 Å². The second-order valence-electron chi connectivity index (χ2n) is 5.94. The molecule has 0 bridgehead atoms. The smallest absolute Gasteiger partial charge is 0.336 e. The van der Waals surface area contributed by atoms with Crippen LogP contribution in [0.1, 0.15) is 21.5 Å².